The van der Waals surface area contributed by atoms with Crippen LogP contribution in [-0.4, -0.2) is 26.5 Å². The Labute approximate surface area is 114 Å². The number of aromatic nitrogens is 1. The number of anilines is 1. The molecule has 0 spiro atoms. The van der Waals surface area contributed by atoms with Crippen molar-refractivity contribution in [3.8, 4) is 0 Å². The lowest BCUT2D eigenvalue weighted by Gasteiger charge is -2.11. The summed E-state index contributed by atoms with van der Waals surface area (Å²) < 4.78 is 27.0. The van der Waals surface area contributed by atoms with E-state index in [1.807, 2.05) is 6.92 Å². The van der Waals surface area contributed by atoms with Crippen molar-refractivity contribution in [2.24, 2.45) is 5.41 Å². The maximum atomic E-state index is 12.2. The minimum absolute atomic E-state index is 0.156. The van der Waals surface area contributed by atoms with Gasteiger partial charge in [-0.25, -0.2) is 18.1 Å². The lowest BCUT2D eigenvalue weighted by molar-refractivity contribution is 0.530. The van der Waals surface area contributed by atoms with Crippen LogP contribution in [0.1, 0.15) is 33.1 Å². The van der Waals surface area contributed by atoms with Gasteiger partial charge in [-0.1, -0.05) is 13.8 Å². The summed E-state index contributed by atoms with van der Waals surface area (Å²) in [5.41, 5.74) is 0.156. The molecular formula is C13H21N3O2S. The number of nitrogens with one attached hydrogen (secondary N) is 2. The molecule has 0 atom stereocenters. The van der Waals surface area contributed by atoms with Gasteiger partial charge in [0.05, 0.1) is 4.90 Å². The van der Waals surface area contributed by atoms with Gasteiger partial charge in [0.25, 0.3) is 0 Å². The molecule has 1 saturated carbocycles. The number of hydrogen-bond donors (Lipinski definition) is 2. The highest BCUT2D eigenvalue weighted by molar-refractivity contribution is 7.89. The molecule has 0 radical (unpaired) electrons. The van der Waals surface area contributed by atoms with Crippen LogP contribution in [0.15, 0.2) is 23.2 Å². The summed E-state index contributed by atoms with van der Waals surface area (Å²) in [6.45, 7) is 5.43. The molecule has 1 aliphatic rings. The average molecular weight is 283 g/mol. The molecule has 1 fully saturated rings. The van der Waals surface area contributed by atoms with Crippen LogP contribution in [-0.2, 0) is 10.0 Å². The van der Waals surface area contributed by atoms with E-state index in [0.717, 1.165) is 25.8 Å². The van der Waals surface area contributed by atoms with E-state index in [1.54, 1.807) is 6.07 Å². The number of nitrogens with zero attached hydrogens (tertiary/aromatic N) is 1. The van der Waals surface area contributed by atoms with Crippen LogP contribution in [0.5, 0.6) is 0 Å². The second-order valence-corrected chi connectivity index (χ2v) is 7.21. The van der Waals surface area contributed by atoms with E-state index in [9.17, 15) is 8.42 Å². The van der Waals surface area contributed by atoms with Gasteiger partial charge < -0.3 is 5.32 Å². The van der Waals surface area contributed by atoms with Crippen LogP contribution in [0.3, 0.4) is 0 Å². The topological polar surface area (TPSA) is 71.1 Å². The molecule has 0 saturated heterocycles. The number of rotatable bonds is 7. The van der Waals surface area contributed by atoms with E-state index in [1.165, 1.54) is 12.3 Å². The van der Waals surface area contributed by atoms with E-state index >= 15 is 0 Å². The average Bonchev–Trinajstić information content (AvgIpc) is 3.13. The largest absolute Gasteiger partial charge is 0.370 e. The maximum absolute atomic E-state index is 12.2. The van der Waals surface area contributed by atoms with E-state index in [0.29, 0.717) is 12.4 Å². The van der Waals surface area contributed by atoms with Gasteiger partial charge in [-0.2, -0.15) is 0 Å². The summed E-state index contributed by atoms with van der Waals surface area (Å²) in [4.78, 5) is 4.38. The van der Waals surface area contributed by atoms with E-state index in [4.69, 9.17) is 0 Å². The number of hydrogen-bond acceptors (Lipinski definition) is 4. The van der Waals surface area contributed by atoms with Gasteiger partial charge in [0.1, 0.15) is 5.82 Å². The fraction of sp³-hybridized carbons (Fsp3) is 0.615. The van der Waals surface area contributed by atoms with Gasteiger partial charge in [0, 0.05) is 25.4 Å². The van der Waals surface area contributed by atoms with Gasteiger partial charge in [-0.3, -0.25) is 0 Å². The summed E-state index contributed by atoms with van der Waals surface area (Å²) in [5.74, 6) is 0.599. The Bertz CT molecular complexity index is 539. The molecule has 19 heavy (non-hydrogen) atoms. The molecule has 6 heteroatoms. The first-order valence-electron chi connectivity index (χ1n) is 6.65. The Morgan fingerprint density at radius 1 is 1.42 bits per heavy atom. The van der Waals surface area contributed by atoms with Crippen molar-refractivity contribution in [3.63, 3.8) is 0 Å². The molecule has 1 aliphatic carbocycles. The standard InChI is InChI=1S/C13H21N3O2S/c1-3-7-14-12-9-11(4-8-15-12)19(17,18)16-10-13(2)5-6-13/h4,8-9,16H,3,5-7,10H2,1-2H3,(H,14,15). The molecule has 1 aromatic heterocycles. The van der Waals surface area contributed by atoms with Gasteiger partial charge in [0.15, 0.2) is 0 Å². The van der Waals surface area contributed by atoms with Crippen LogP contribution >= 0.6 is 0 Å². The third-order valence-electron chi connectivity index (χ3n) is 3.39. The summed E-state index contributed by atoms with van der Waals surface area (Å²) in [6.07, 6.45) is 4.67. The molecule has 2 N–H and O–H groups in total. The summed E-state index contributed by atoms with van der Waals surface area (Å²) in [7, 11) is -3.43. The molecule has 1 aromatic rings. The molecule has 0 aromatic carbocycles. The molecule has 5 nitrogen and oxygen atoms in total. The Hall–Kier alpha value is -1.14. The van der Waals surface area contributed by atoms with E-state index < -0.39 is 10.0 Å². The molecule has 2 rings (SSSR count). The summed E-state index contributed by atoms with van der Waals surface area (Å²) in [6, 6.07) is 3.10. The van der Waals surface area contributed by atoms with E-state index in [-0.39, 0.29) is 10.3 Å². The molecule has 0 bridgehead atoms. The molecule has 0 unspecified atom stereocenters. The Balaban J connectivity index is 2.06. The summed E-state index contributed by atoms with van der Waals surface area (Å²) in [5, 5.41) is 3.09. The zero-order valence-corrected chi connectivity index (χ0v) is 12.3. The number of pyridine rings is 1. The predicted molar refractivity (Wildman–Crippen MR) is 75.5 cm³/mol. The second-order valence-electron chi connectivity index (χ2n) is 5.44. The first kappa shape index (κ1) is 14.3. The zero-order chi connectivity index (χ0) is 13.9. The van der Waals surface area contributed by atoms with Gasteiger partial charge in [-0.15, -0.1) is 0 Å². The van der Waals surface area contributed by atoms with Crippen LogP contribution in [0, 0.1) is 5.41 Å². The lowest BCUT2D eigenvalue weighted by Crippen LogP contribution is -2.29. The van der Waals surface area contributed by atoms with Crippen molar-refractivity contribution in [1.29, 1.82) is 0 Å². The molecular weight excluding hydrogens is 262 g/mol. The van der Waals surface area contributed by atoms with Crippen molar-refractivity contribution in [1.82, 2.24) is 9.71 Å². The zero-order valence-electron chi connectivity index (χ0n) is 11.4. The van der Waals surface area contributed by atoms with Crippen molar-refractivity contribution in [2.45, 2.75) is 38.0 Å². The van der Waals surface area contributed by atoms with Crippen LogP contribution < -0.4 is 10.0 Å². The SMILES string of the molecule is CCCNc1cc(S(=O)(=O)NCC2(C)CC2)ccn1. The number of sulfonamides is 1. The maximum Gasteiger partial charge on any atom is 0.240 e. The van der Waals surface area contributed by atoms with Crippen LogP contribution in [0.25, 0.3) is 0 Å². The Morgan fingerprint density at radius 2 is 2.16 bits per heavy atom. The Morgan fingerprint density at radius 3 is 2.79 bits per heavy atom. The van der Waals surface area contributed by atoms with Gasteiger partial charge in [-0.05, 0) is 30.7 Å². The minimum atomic E-state index is -3.43. The van der Waals surface area contributed by atoms with Gasteiger partial charge >= 0.3 is 0 Å². The third-order valence-corrected chi connectivity index (χ3v) is 4.79. The second kappa shape index (κ2) is 5.46. The minimum Gasteiger partial charge on any atom is -0.370 e. The van der Waals surface area contributed by atoms with Gasteiger partial charge in [0.2, 0.25) is 10.0 Å². The smallest absolute Gasteiger partial charge is 0.240 e. The quantitative estimate of drug-likeness (QED) is 0.802. The normalized spacial score (nSPS) is 17.2. The fourth-order valence-electron chi connectivity index (χ4n) is 1.67. The third kappa shape index (κ3) is 3.91. The highest BCUT2D eigenvalue weighted by Crippen LogP contribution is 2.44. The Kier molecular flexibility index (Phi) is 4.10. The monoisotopic (exact) mass is 283 g/mol. The highest BCUT2D eigenvalue weighted by Gasteiger charge is 2.38. The van der Waals surface area contributed by atoms with Crippen molar-refractivity contribution in [2.75, 3.05) is 18.4 Å². The van der Waals surface area contributed by atoms with E-state index in [2.05, 4.69) is 21.9 Å². The fourth-order valence-corrected chi connectivity index (χ4v) is 2.88. The van der Waals surface area contributed by atoms with Crippen LogP contribution in [0.4, 0.5) is 5.82 Å². The van der Waals surface area contributed by atoms with Crippen LogP contribution in [0.2, 0.25) is 0 Å². The first-order valence-corrected chi connectivity index (χ1v) is 8.13. The molecule has 0 amide bonds. The molecule has 0 aliphatic heterocycles. The summed E-state index contributed by atoms with van der Waals surface area (Å²) >= 11 is 0. The van der Waals surface area contributed by atoms with Crippen molar-refractivity contribution >= 4 is 15.8 Å². The molecule has 106 valence electrons. The first-order chi connectivity index (χ1) is 8.95. The van der Waals surface area contributed by atoms with Crippen molar-refractivity contribution in [3.05, 3.63) is 18.3 Å². The lowest BCUT2D eigenvalue weighted by atomic mass is 10.2. The van der Waals surface area contributed by atoms with Crippen molar-refractivity contribution < 1.29 is 8.42 Å². The predicted octanol–water partition coefficient (Wildman–Crippen LogP) is 1.98. The highest BCUT2D eigenvalue weighted by atomic mass is 32.2. The molecule has 1 heterocycles.